The highest BCUT2D eigenvalue weighted by Crippen LogP contribution is 1.90. The molecule has 16 heavy (non-hydrogen) atoms. The van der Waals surface area contributed by atoms with E-state index in [0.717, 1.165) is 6.08 Å². The lowest BCUT2D eigenvalue weighted by Gasteiger charge is -2.04. The van der Waals surface area contributed by atoms with Crippen molar-refractivity contribution >= 4 is 18.2 Å². The molecule has 0 radical (unpaired) electrons. The van der Waals surface area contributed by atoms with Crippen molar-refractivity contribution in [3.8, 4) is 0 Å². The van der Waals surface area contributed by atoms with E-state index in [2.05, 4.69) is 11.6 Å². The molecule has 1 N–H and O–H groups in total. The Bertz CT molecular complexity index is 489. The van der Waals surface area contributed by atoms with Gasteiger partial charge in [-0.1, -0.05) is 18.8 Å². The molecule has 1 rings (SSSR count). The van der Waals surface area contributed by atoms with E-state index in [4.69, 9.17) is 17.0 Å². The van der Waals surface area contributed by atoms with Crippen LogP contribution in [0.2, 0.25) is 0 Å². The van der Waals surface area contributed by atoms with Crippen LogP contribution in [0.4, 0.5) is 0 Å². The normalized spacial score (nSPS) is 9.75. The van der Waals surface area contributed by atoms with Gasteiger partial charge >= 0.3 is 11.7 Å². The Morgan fingerprint density at radius 1 is 1.69 bits per heavy atom. The van der Waals surface area contributed by atoms with Crippen molar-refractivity contribution in [3.05, 3.63) is 40.0 Å². The summed E-state index contributed by atoms with van der Waals surface area (Å²) in [7, 11) is 0. The molecule has 0 saturated carbocycles. The average Bonchev–Trinajstić information content (AvgIpc) is 2.26. The maximum Gasteiger partial charge on any atom is 0.330 e. The van der Waals surface area contributed by atoms with Gasteiger partial charge in [0.15, 0.2) is 0 Å². The zero-order valence-electron chi connectivity index (χ0n) is 8.64. The van der Waals surface area contributed by atoms with Crippen LogP contribution in [0.25, 0.3) is 0 Å². The number of H-pyrrole nitrogens is 1. The van der Waals surface area contributed by atoms with Gasteiger partial charge in [0, 0.05) is 18.8 Å². The highest BCUT2D eigenvalue weighted by Gasteiger charge is 1.97. The van der Waals surface area contributed by atoms with Crippen LogP contribution in [-0.2, 0) is 16.1 Å². The van der Waals surface area contributed by atoms with Gasteiger partial charge in [0.2, 0.25) is 0 Å². The number of carbonyl (C=O) groups is 1. The summed E-state index contributed by atoms with van der Waals surface area (Å²) in [6.45, 7) is 4.00. The quantitative estimate of drug-likeness (QED) is 0.361. The number of esters is 1. The smallest absolute Gasteiger partial charge is 0.330 e. The van der Waals surface area contributed by atoms with E-state index in [1.54, 1.807) is 12.3 Å². The van der Waals surface area contributed by atoms with Gasteiger partial charge in [-0.25, -0.2) is 9.59 Å². The largest absolute Gasteiger partial charge is 0.462 e. The lowest BCUT2D eigenvalue weighted by atomic mass is 10.4. The Kier molecular flexibility index (Phi) is 4.65. The molecule has 1 heterocycles. The molecule has 0 unspecified atom stereocenters. The summed E-state index contributed by atoms with van der Waals surface area (Å²) in [6, 6.07) is 1.63. The van der Waals surface area contributed by atoms with Crippen LogP contribution in [0.5, 0.6) is 0 Å². The summed E-state index contributed by atoms with van der Waals surface area (Å²) in [6.07, 6.45) is 3.27. The first kappa shape index (κ1) is 12.4. The summed E-state index contributed by atoms with van der Waals surface area (Å²) in [5, 5.41) is 0. The molecular formula is C10H12N2O3S. The molecule has 0 saturated heterocycles. The number of rotatable bonds is 5. The van der Waals surface area contributed by atoms with Crippen LogP contribution in [0.1, 0.15) is 6.42 Å². The molecule has 1 aromatic heterocycles. The fourth-order valence-corrected chi connectivity index (χ4v) is 1.24. The zero-order valence-corrected chi connectivity index (χ0v) is 9.46. The van der Waals surface area contributed by atoms with Gasteiger partial charge in [0.25, 0.3) is 0 Å². The van der Waals surface area contributed by atoms with E-state index in [-0.39, 0.29) is 12.3 Å². The maximum absolute atomic E-state index is 11.3. The van der Waals surface area contributed by atoms with Gasteiger partial charge in [-0.2, -0.15) is 0 Å². The maximum atomic E-state index is 11.3. The Hall–Kier alpha value is -1.69. The molecule has 0 fully saturated rings. The Balaban J connectivity index is 2.43. The molecule has 0 bridgehead atoms. The summed E-state index contributed by atoms with van der Waals surface area (Å²) in [5.74, 6) is -0.459. The van der Waals surface area contributed by atoms with Crippen LogP contribution in [-0.4, -0.2) is 22.1 Å². The molecule has 0 atom stereocenters. The molecule has 0 amide bonds. The fraction of sp³-hybridized carbons (Fsp3) is 0.300. The minimum absolute atomic E-state index is 0.257. The number of aromatic nitrogens is 2. The Morgan fingerprint density at radius 3 is 3.06 bits per heavy atom. The second-order valence-corrected chi connectivity index (χ2v) is 3.47. The van der Waals surface area contributed by atoms with Gasteiger partial charge in [-0.3, -0.25) is 4.98 Å². The molecular weight excluding hydrogens is 228 g/mol. The van der Waals surface area contributed by atoms with Crippen molar-refractivity contribution < 1.29 is 9.53 Å². The molecule has 86 valence electrons. The van der Waals surface area contributed by atoms with Gasteiger partial charge in [0.1, 0.15) is 4.64 Å². The van der Waals surface area contributed by atoms with Crippen LogP contribution in [0.15, 0.2) is 29.7 Å². The van der Waals surface area contributed by atoms with Crippen molar-refractivity contribution in [1.82, 2.24) is 9.55 Å². The van der Waals surface area contributed by atoms with Gasteiger partial charge < -0.3 is 9.30 Å². The molecule has 5 nitrogen and oxygen atoms in total. The number of nitrogens with zero attached hydrogens (tertiary/aromatic N) is 1. The number of carbonyl (C=O) groups excluding carboxylic acids is 1. The lowest BCUT2D eigenvalue weighted by Crippen LogP contribution is -2.22. The summed E-state index contributed by atoms with van der Waals surface area (Å²) in [4.78, 5) is 24.5. The summed E-state index contributed by atoms with van der Waals surface area (Å²) < 4.78 is 6.65. The molecule has 1 aromatic rings. The third-order valence-electron chi connectivity index (χ3n) is 1.85. The SMILES string of the molecule is C=CC(=O)OCCCn1ccc(=S)[nH]c1=O. The van der Waals surface area contributed by atoms with Crippen molar-refractivity contribution in [1.29, 1.82) is 0 Å². The van der Waals surface area contributed by atoms with E-state index in [0.29, 0.717) is 17.6 Å². The first-order valence-corrected chi connectivity index (χ1v) is 5.13. The highest BCUT2D eigenvalue weighted by atomic mass is 32.1. The van der Waals surface area contributed by atoms with E-state index in [1.807, 2.05) is 0 Å². The Labute approximate surface area is 97.4 Å². The van der Waals surface area contributed by atoms with Crippen LogP contribution >= 0.6 is 12.2 Å². The van der Waals surface area contributed by atoms with Gasteiger partial charge in [-0.15, -0.1) is 0 Å². The third kappa shape index (κ3) is 3.82. The summed E-state index contributed by atoms with van der Waals surface area (Å²) in [5.41, 5.74) is -0.262. The standard InChI is InChI=1S/C10H12N2O3S/c1-2-9(13)15-7-3-5-12-6-4-8(16)11-10(12)14/h2,4,6H,1,3,5,7H2,(H,11,14,16). The van der Waals surface area contributed by atoms with E-state index in [9.17, 15) is 9.59 Å². The molecule has 0 spiro atoms. The number of aromatic amines is 1. The predicted molar refractivity (Wildman–Crippen MR) is 61.7 cm³/mol. The first-order chi connectivity index (χ1) is 7.63. The second-order valence-electron chi connectivity index (χ2n) is 3.03. The zero-order chi connectivity index (χ0) is 12.0. The monoisotopic (exact) mass is 240 g/mol. The van der Waals surface area contributed by atoms with Crippen LogP contribution in [0, 0.1) is 4.64 Å². The fourth-order valence-electron chi connectivity index (χ4n) is 1.09. The molecule has 0 aliphatic carbocycles. The average molecular weight is 240 g/mol. The van der Waals surface area contributed by atoms with Crippen LogP contribution < -0.4 is 5.69 Å². The third-order valence-corrected chi connectivity index (χ3v) is 2.09. The predicted octanol–water partition coefficient (Wildman–Crippen LogP) is 1.03. The number of aryl methyl sites for hydroxylation is 1. The van der Waals surface area contributed by atoms with Crippen molar-refractivity contribution in [2.24, 2.45) is 0 Å². The molecule has 6 heteroatoms. The lowest BCUT2D eigenvalue weighted by molar-refractivity contribution is -0.137. The van der Waals surface area contributed by atoms with E-state index in [1.165, 1.54) is 4.57 Å². The number of nitrogens with one attached hydrogen (secondary N) is 1. The molecule has 0 aliphatic rings. The minimum atomic E-state index is -0.459. The van der Waals surface area contributed by atoms with E-state index < -0.39 is 5.97 Å². The van der Waals surface area contributed by atoms with Crippen LogP contribution in [0.3, 0.4) is 0 Å². The van der Waals surface area contributed by atoms with Gasteiger partial charge in [0.05, 0.1) is 6.61 Å². The first-order valence-electron chi connectivity index (χ1n) is 4.72. The molecule has 0 aromatic carbocycles. The number of hydrogen-bond acceptors (Lipinski definition) is 4. The van der Waals surface area contributed by atoms with Crippen molar-refractivity contribution in [2.75, 3.05) is 6.61 Å². The second kappa shape index (κ2) is 6.02. The summed E-state index contributed by atoms with van der Waals surface area (Å²) >= 11 is 4.80. The number of hydrogen-bond donors (Lipinski definition) is 1. The topological polar surface area (TPSA) is 64.1 Å². The van der Waals surface area contributed by atoms with Gasteiger partial charge in [-0.05, 0) is 12.5 Å². The van der Waals surface area contributed by atoms with Crippen molar-refractivity contribution in [3.63, 3.8) is 0 Å². The number of ether oxygens (including phenoxy) is 1. The Morgan fingerprint density at radius 2 is 2.44 bits per heavy atom. The minimum Gasteiger partial charge on any atom is -0.462 e. The molecule has 0 aliphatic heterocycles. The van der Waals surface area contributed by atoms with Crippen molar-refractivity contribution in [2.45, 2.75) is 13.0 Å². The van der Waals surface area contributed by atoms with E-state index >= 15 is 0 Å². The highest BCUT2D eigenvalue weighted by molar-refractivity contribution is 7.71.